The van der Waals surface area contributed by atoms with Gasteiger partial charge in [0.1, 0.15) is 0 Å². The van der Waals surface area contributed by atoms with E-state index >= 15 is 0 Å². The number of aromatic nitrogens is 1. The van der Waals surface area contributed by atoms with Crippen molar-refractivity contribution < 1.29 is 4.79 Å². The topological polar surface area (TPSA) is 42.0 Å². The van der Waals surface area contributed by atoms with Crippen LogP contribution < -0.4 is 5.32 Å². The summed E-state index contributed by atoms with van der Waals surface area (Å²) < 4.78 is 0. The Kier molecular flexibility index (Phi) is 5.11. The quantitative estimate of drug-likeness (QED) is 0.918. The lowest BCUT2D eigenvalue weighted by atomic mass is 9.91. The minimum absolute atomic E-state index is 0.0944. The van der Waals surface area contributed by atoms with Crippen LogP contribution in [0.15, 0.2) is 48.8 Å². The van der Waals surface area contributed by atoms with Crippen LogP contribution in [0.1, 0.15) is 34.8 Å². The number of hydrogen-bond acceptors (Lipinski definition) is 3. The zero-order chi connectivity index (χ0) is 15.2. The van der Waals surface area contributed by atoms with Gasteiger partial charge in [0.2, 0.25) is 5.91 Å². The Bertz CT molecular complexity index is 630. The van der Waals surface area contributed by atoms with Crippen LogP contribution in [0.2, 0.25) is 0 Å². The smallest absolute Gasteiger partial charge is 0.230 e. The van der Waals surface area contributed by atoms with E-state index in [9.17, 15) is 4.79 Å². The Morgan fingerprint density at radius 3 is 3.05 bits per heavy atom. The summed E-state index contributed by atoms with van der Waals surface area (Å²) in [4.78, 5) is 16.1. The minimum atomic E-state index is 0.0944. The molecule has 0 unspecified atom stereocenters. The summed E-state index contributed by atoms with van der Waals surface area (Å²) in [6, 6.07) is 12.5. The van der Waals surface area contributed by atoms with Gasteiger partial charge in [-0.2, -0.15) is 0 Å². The number of carbonyl (C=O) groups is 1. The summed E-state index contributed by atoms with van der Waals surface area (Å²) >= 11 is 1.76. The summed E-state index contributed by atoms with van der Waals surface area (Å²) in [6.07, 6.45) is 7.07. The van der Waals surface area contributed by atoms with E-state index in [1.54, 1.807) is 24.2 Å². The average molecular weight is 312 g/mol. The molecule has 1 aromatic heterocycles. The van der Waals surface area contributed by atoms with Crippen molar-refractivity contribution in [3.63, 3.8) is 0 Å². The van der Waals surface area contributed by atoms with Crippen molar-refractivity contribution in [2.75, 3.05) is 5.75 Å². The molecule has 22 heavy (non-hydrogen) atoms. The highest BCUT2D eigenvalue weighted by atomic mass is 32.2. The third-order valence-corrected chi connectivity index (χ3v) is 5.26. The lowest BCUT2D eigenvalue weighted by Crippen LogP contribution is -2.25. The van der Waals surface area contributed by atoms with Gasteiger partial charge in [0.15, 0.2) is 0 Å². The molecule has 0 bridgehead atoms. The number of pyridine rings is 1. The number of hydrogen-bond donors (Lipinski definition) is 1. The van der Waals surface area contributed by atoms with Gasteiger partial charge >= 0.3 is 0 Å². The summed E-state index contributed by atoms with van der Waals surface area (Å²) in [6.45, 7) is 0.550. The Balaban J connectivity index is 1.50. The molecule has 0 fully saturated rings. The van der Waals surface area contributed by atoms with Crippen LogP contribution in [0.3, 0.4) is 0 Å². The predicted molar refractivity (Wildman–Crippen MR) is 90.7 cm³/mol. The van der Waals surface area contributed by atoms with Crippen molar-refractivity contribution in [3.8, 4) is 0 Å². The van der Waals surface area contributed by atoms with Gasteiger partial charge in [0.25, 0.3) is 0 Å². The second-order valence-electron chi connectivity index (χ2n) is 5.53. The fourth-order valence-electron chi connectivity index (χ4n) is 2.81. The van der Waals surface area contributed by atoms with E-state index < -0.39 is 0 Å². The highest BCUT2D eigenvalue weighted by molar-refractivity contribution is 8.00. The molecule has 0 radical (unpaired) electrons. The van der Waals surface area contributed by atoms with Crippen LogP contribution in [-0.4, -0.2) is 16.6 Å². The number of rotatable bonds is 5. The number of amides is 1. The van der Waals surface area contributed by atoms with Gasteiger partial charge in [-0.3, -0.25) is 9.78 Å². The third kappa shape index (κ3) is 3.89. The molecule has 0 spiro atoms. The lowest BCUT2D eigenvalue weighted by Gasteiger charge is -2.24. The Morgan fingerprint density at radius 2 is 2.18 bits per heavy atom. The molecule has 3 nitrogen and oxygen atoms in total. The maximum atomic E-state index is 12.0. The van der Waals surface area contributed by atoms with E-state index in [0.29, 0.717) is 17.5 Å². The van der Waals surface area contributed by atoms with E-state index in [0.717, 1.165) is 12.0 Å². The molecular weight excluding hydrogens is 292 g/mol. The number of nitrogens with zero attached hydrogens (tertiary/aromatic N) is 1. The van der Waals surface area contributed by atoms with Gasteiger partial charge in [-0.05, 0) is 42.0 Å². The predicted octanol–water partition coefficient (Wildman–Crippen LogP) is 3.51. The van der Waals surface area contributed by atoms with Crippen LogP contribution in [0.5, 0.6) is 0 Å². The fraction of sp³-hybridized carbons (Fsp3) is 0.333. The van der Waals surface area contributed by atoms with Gasteiger partial charge in [-0.1, -0.05) is 30.3 Å². The fourth-order valence-corrected chi connectivity index (χ4v) is 4.01. The molecule has 1 aromatic carbocycles. The normalized spacial score (nSPS) is 16.8. The molecule has 4 heteroatoms. The summed E-state index contributed by atoms with van der Waals surface area (Å²) in [7, 11) is 0. The Labute approximate surface area is 135 Å². The average Bonchev–Trinajstić information content (AvgIpc) is 2.59. The first-order valence-electron chi connectivity index (χ1n) is 7.68. The van der Waals surface area contributed by atoms with Crippen molar-refractivity contribution >= 4 is 17.7 Å². The monoisotopic (exact) mass is 312 g/mol. The molecule has 114 valence electrons. The van der Waals surface area contributed by atoms with Crippen molar-refractivity contribution in [1.29, 1.82) is 0 Å². The molecule has 1 aliphatic carbocycles. The van der Waals surface area contributed by atoms with Gasteiger partial charge in [0.05, 0.1) is 5.75 Å². The first-order valence-corrected chi connectivity index (χ1v) is 8.73. The maximum absolute atomic E-state index is 12.0. The Hall–Kier alpha value is -1.81. The van der Waals surface area contributed by atoms with Crippen LogP contribution in [0.25, 0.3) is 0 Å². The van der Waals surface area contributed by atoms with E-state index in [1.807, 2.05) is 12.1 Å². The second kappa shape index (κ2) is 7.45. The van der Waals surface area contributed by atoms with Crippen molar-refractivity contribution in [2.45, 2.75) is 31.1 Å². The van der Waals surface area contributed by atoms with E-state index in [4.69, 9.17) is 0 Å². The number of nitrogens with one attached hydrogen (secondary N) is 1. The summed E-state index contributed by atoms with van der Waals surface area (Å²) in [5.41, 5.74) is 3.89. The van der Waals surface area contributed by atoms with Crippen molar-refractivity contribution in [3.05, 3.63) is 65.5 Å². The van der Waals surface area contributed by atoms with Crippen molar-refractivity contribution in [2.24, 2.45) is 0 Å². The highest BCUT2D eigenvalue weighted by Crippen LogP contribution is 2.39. The molecule has 1 heterocycles. The maximum Gasteiger partial charge on any atom is 0.230 e. The second-order valence-corrected chi connectivity index (χ2v) is 6.72. The first kappa shape index (κ1) is 15.1. The Morgan fingerprint density at radius 1 is 1.27 bits per heavy atom. The first-order chi connectivity index (χ1) is 10.8. The van der Waals surface area contributed by atoms with Crippen molar-refractivity contribution in [1.82, 2.24) is 10.3 Å². The summed E-state index contributed by atoms with van der Waals surface area (Å²) in [5, 5.41) is 3.42. The molecule has 2 aromatic rings. The molecule has 0 aliphatic heterocycles. The molecular formula is C18H20N2OS. The zero-order valence-corrected chi connectivity index (χ0v) is 13.3. The van der Waals surface area contributed by atoms with Crippen LogP contribution >= 0.6 is 11.8 Å². The van der Waals surface area contributed by atoms with Crippen LogP contribution in [0, 0.1) is 0 Å². The molecule has 0 saturated heterocycles. The molecule has 1 atom stereocenters. The van der Waals surface area contributed by atoms with E-state index in [2.05, 4.69) is 34.6 Å². The van der Waals surface area contributed by atoms with E-state index in [1.165, 1.54) is 24.0 Å². The number of fused-ring (bicyclic) bond motifs is 1. The van der Waals surface area contributed by atoms with Crippen LogP contribution in [-0.2, 0) is 17.8 Å². The minimum Gasteiger partial charge on any atom is -0.351 e. The molecule has 1 aliphatic rings. The molecule has 0 saturated carbocycles. The van der Waals surface area contributed by atoms with Crippen LogP contribution in [0.4, 0.5) is 0 Å². The molecule has 1 N–H and O–H groups in total. The molecule has 3 rings (SSSR count). The SMILES string of the molecule is O=C(CS[C@H]1CCCc2ccccc21)NCc1cccnc1. The standard InChI is InChI=1S/C18H20N2OS/c21-18(20-12-14-5-4-10-19-11-14)13-22-17-9-3-7-15-6-1-2-8-16(15)17/h1-2,4-6,8,10-11,17H,3,7,9,12-13H2,(H,20,21)/t17-/m0/s1. The highest BCUT2D eigenvalue weighted by Gasteiger charge is 2.20. The van der Waals surface area contributed by atoms with Gasteiger partial charge in [-0.15, -0.1) is 11.8 Å². The summed E-state index contributed by atoms with van der Waals surface area (Å²) in [5.74, 6) is 0.608. The number of carbonyl (C=O) groups excluding carboxylic acids is 1. The largest absolute Gasteiger partial charge is 0.351 e. The van der Waals surface area contributed by atoms with E-state index in [-0.39, 0.29) is 5.91 Å². The third-order valence-electron chi connectivity index (χ3n) is 3.94. The zero-order valence-electron chi connectivity index (χ0n) is 12.5. The molecule has 1 amide bonds. The van der Waals surface area contributed by atoms with Gasteiger partial charge in [-0.25, -0.2) is 0 Å². The number of aryl methyl sites for hydroxylation is 1. The lowest BCUT2D eigenvalue weighted by molar-refractivity contribution is -0.118. The van der Waals surface area contributed by atoms with Gasteiger partial charge in [0, 0.05) is 24.2 Å². The van der Waals surface area contributed by atoms with Gasteiger partial charge < -0.3 is 5.32 Å². The number of benzene rings is 1. The number of thioether (sulfide) groups is 1.